The monoisotopic (exact) mass is 690 g/mol. The van der Waals surface area contributed by atoms with Gasteiger partial charge in [0.15, 0.2) is 0 Å². The van der Waals surface area contributed by atoms with E-state index in [-0.39, 0.29) is 37.2 Å². The van der Waals surface area contributed by atoms with E-state index in [1.165, 1.54) is 10.5 Å². The molecule has 12 heteroatoms. The maximum atomic E-state index is 14.0. The van der Waals surface area contributed by atoms with Gasteiger partial charge in [0.25, 0.3) is 0 Å². The average Bonchev–Trinajstić information content (AvgIpc) is 3.70. The van der Waals surface area contributed by atoms with Gasteiger partial charge in [0.05, 0.1) is 41.5 Å². The third-order valence-electron chi connectivity index (χ3n) is 9.63. The number of likely N-dealkylation sites (tertiary alicyclic amines) is 2. The zero-order valence-electron chi connectivity index (χ0n) is 29.4. The summed E-state index contributed by atoms with van der Waals surface area (Å²) < 4.78 is 5.54. The van der Waals surface area contributed by atoms with E-state index in [1.54, 1.807) is 18.4 Å². The molecule has 0 radical (unpaired) electrons. The molecule has 264 valence electrons. The Bertz CT molecular complexity index is 1610. The van der Waals surface area contributed by atoms with E-state index in [0.29, 0.717) is 12.5 Å². The van der Waals surface area contributed by atoms with Crippen LogP contribution in [-0.4, -0.2) is 96.1 Å². The second-order valence-electron chi connectivity index (χ2n) is 14.2. The van der Waals surface area contributed by atoms with Crippen LogP contribution in [-0.2, 0) is 20.9 Å². The summed E-state index contributed by atoms with van der Waals surface area (Å²) in [6.45, 7) is 9.70. The van der Waals surface area contributed by atoms with Gasteiger partial charge in [-0.25, -0.2) is 4.98 Å². The number of thiazole rings is 1. The molecule has 3 heterocycles. The third-order valence-corrected chi connectivity index (χ3v) is 10.6. The summed E-state index contributed by atoms with van der Waals surface area (Å²) in [4.78, 5) is 49.8. The number of hydrogen-bond donors (Lipinski definition) is 4. The summed E-state index contributed by atoms with van der Waals surface area (Å²) in [5.41, 5.74) is 6.35. The van der Waals surface area contributed by atoms with Crippen molar-refractivity contribution in [3.05, 3.63) is 64.8 Å². The van der Waals surface area contributed by atoms with E-state index in [9.17, 15) is 19.5 Å². The quantitative estimate of drug-likeness (QED) is 0.236. The van der Waals surface area contributed by atoms with Crippen molar-refractivity contribution in [2.45, 2.75) is 77.6 Å². The first kappa shape index (κ1) is 36.3. The van der Waals surface area contributed by atoms with Crippen LogP contribution in [0.25, 0.3) is 10.4 Å². The number of carbonyl (C=O) groups excluding carboxylic acids is 3. The number of nitrogens with zero attached hydrogens (tertiary/aromatic N) is 3. The van der Waals surface area contributed by atoms with Gasteiger partial charge in [-0.15, -0.1) is 11.3 Å². The number of nitrogens with one attached hydrogen (secondary N) is 3. The van der Waals surface area contributed by atoms with Crippen LogP contribution in [0.15, 0.2) is 48.0 Å². The maximum absolute atomic E-state index is 14.0. The van der Waals surface area contributed by atoms with Gasteiger partial charge < -0.3 is 30.7 Å². The first-order valence-electron chi connectivity index (χ1n) is 17.0. The second kappa shape index (κ2) is 15.7. The second-order valence-corrected chi connectivity index (χ2v) is 15.1. The minimum atomic E-state index is -0.862. The van der Waals surface area contributed by atoms with Crippen molar-refractivity contribution in [3.63, 3.8) is 0 Å². The molecule has 11 nitrogen and oxygen atoms in total. The number of aliphatic hydroxyl groups is 1. The van der Waals surface area contributed by atoms with E-state index < -0.39 is 23.6 Å². The van der Waals surface area contributed by atoms with Crippen LogP contribution < -0.4 is 20.7 Å². The number of rotatable bonds is 11. The Morgan fingerprint density at radius 1 is 1.10 bits per heavy atom. The van der Waals surface area contributed by atoms with Crippen molar-refractivity contribution in [2.75, 3.05) is 45.7 Å². The maximum Gasteiger partial charge on any atom is 0.246 e. The summed E-state index contributed by atoms with van der Waals surface area (Å²) in [6, 6.07) is 12.5. The molecular weight excluding hydrogens is 641 g/mol. The number of aromatic nitrogens is 1. The smallest absolute Gasteiger partial charge is 0.246 e. The van der Waals surface area contributed by atoms with E-state index in [0.717, 1.165) is 59.1 Å². The number of aryl methyl sites for hydroxylation is 1. The molecule has 3 atom stereocenters. The van der Waals surface area contributed by atoms with E-state index in [4.69, 9.17) is 4.74 Å². The fraction of sp³-hybridized carbons (Fsp3) is 0.514. The van der Waals surface area contributed by atoms with Crippen LogP contribution in [0.5, 0.6) is 5.75 Å². The van der Waals surface area contributed by atoms with E-state index in [1.807, 2.05) is 70.6 Å². The number of anilines is 1. The lowest BCUT2D eigenvalue weighted by Crippen LogP contribution is -2.58. The summed E-state index contributed by atoms with van der Waals surface area (Å²) in [5.74, 6) is 0.272. The molecular formula is C37H50N6O5S. The molecule has 49 heavy (non-hydrogen) atoms. The lowest BCUT2D eigenvalue weighted by molar-refractivity contribution is -0.144. The summed E-state index contributed by atoms with van der Waals surface area (Å²) in [6.07, 6.45) is 1.14. The fourth-order valence-electron chi connectivity index (χ4n) is 6.78. The molecule has 1 aromatic heterocycles. The van der Waals surface area contributed by atoms with Gasteiger partial charge in [0.2, 0.25) is 17.7 Å². The Labute approximate surface area is 293 Å². The van der Waals surface area contributed by atoms with Gasteiger partial charge in [-0.3, -0.25) is 19.3 Å². The topological polar surface area (TPSA) is 136 Å². The van der Waals surface area contributed by atoms with Crippen LogP contribution in [0.2, 0.25) is 0 Å². The van der Waals surface area contributed by atoms with Gasteiger partial charge in [-0.2, -0.15) is 0 Å². The number of aliphatic hydroxyl groups excluding tert-OH is 1. The number of carbonyl (C=O) groups is 3. The Morgan fingerprint density at radius 2 is 1.82 bits per heavy atom. The van der Waals surface area contributed by atoms with Crippen LogP contribution in [0.4, 0.5) is 5.69 Å². The van der Waals surface area contributed by atoms with Crippen molar-refractivity contribution in [3.8, 4) is 16.2 Å². The molecule has 2 fully saturated rings. The number of ether oxygens (including phenoxy) is 1. The molecule has 0 aliphatic carbocycles. The van der Waals surface area contributed by atoms with Crippen LogP contribution in [0.1, 0.15) is 62.8 Å². The zero-order chi connectivity index (χ0) is 35.3. The number of amides is 3. The van der Waals surface area contributed by atoms with Crippen LogP contribution >= 0.6 is 11.3 Å². The Balaban J connectivity index is 1.16. The van der Waals surface area contributed by atoms with Crippen molar-refractivity contribution in [2.24, 2.45) is 5.41 Å². The molecule has 0 spiro atoms. The number of methoxy groups -OCH3 is 1. The lowest BCUT2D eigenvalue weighted by atomic mass is 9.85. The summed E-state index contributed by atoms with van der Waals surface area (Å²) in [7, 11) is 3.54. The van der Waals surface area contributed by atoms with Crippen molar-refractivity contribution >= 4 is 34.7 Å². The Morgan fingerprint density at radius 3 is 2.43 bits per heavy atom. The highest BCUT2D eigenvalue weighted by Crippen LogP contribution is 2.34. The first-order valence-corrected chi connectivity index (χ1v) is 17.9. The van der Waals surface area contributed by atoms with E-state index in [2.05, 4.69) is 38.0 Å². The Kier molecular flexibility index (Phi) is 11.6. The molecule has 2 aliphatic rings. The van der Waals surface area contributed by atoms with Gasteiger partial charge in [-0.1, -0.05) is 51.1 Å². The molecule has 2 aliphatic heterocycles. The SMILES string of the molecule is CNc1ccc(C2CCN(CC(=O)N[C@H](C(=O)N3C[C@H](O)C[C@H]3C(=O)NCc3ccc(-c4scnc4C)cc3)C(C)(C)C)CC2)cc1OC. The fourth-order valence-corrected chi connectivity index (χ4v) is 7.59. The van der Waals surface area contributed by atoms with Crippen LogP contribution in [0, 0.1) is 12.3 Å². The molecule has 4 N–H and O–H groups in total. The standard InChI is InChI=1S/C37H50N6O5S/c1-23-33(49-22-40-23)26-9-7-24(8-10-26)19-39-35(46)30-18-28(44)20-43(30)36(47)34(37(2,3)4)41-32(45)21-42-15-13-25(14-16-42)27-11-12-29(38-5)31(17-27)48-6/h7-12,17,22,25,28,30,34,38,44H,13-16,18-21H2,1-6H3,(H,39,46)(H,41,45)/t28-,30+,34-/m1/s1. The minimum Gasteiger partial charge on any atom is -0.495 e. The lowest BCUT2D eigenvalue weighted by Gasteiger charge is -2.36. The normalized spacial score (nSPS) is 19.4. The van der Waals surface area contributed by atoms with Gasteiger partial charge in [0, 0.05) is 26.6 Å². The molecule has 0 bridgehead atoms. The number of β-amino-alcohol motifs (C(OH)–C–C–N with tert-alkyl or cyclic N) is 1. The molecule has 5 rings (SSSR count). The molecule has 3 amide bonds. The van der Waals surface area contributed by atoms with Crippen molar-refractivity contribution in [1.82, 2.24) is 25.4 Å². The van der Waals surface area contributed by atoms with Gasteiger partial charge in [0.1, 0.15) is 17.8 Å². The van der Waals surface area contributed by atoms with Crippen molar-refractivity contribution in [1.29, 1.82) is 0 Å². The molecule has 0 saturated carbocycles. The Hall–Kier alpha value is -4.00. The summed E-state index contributed by atoms with van der Waals surface area (Å²) in [5, 5.41) is 19.6. The molecule has 3 aromatic rings. The predicted octanol–water partition coefficient (Wildman–Crippen LogP) is 4.16. The highest BCUT2D eigenvalue weighted by Gasteiger charge is 2.44. The average molecular weight is 691 g/mol. The third kappa shape index (κ3) is 8.78. The van der Waals surface area contributed by atoms with Crippen molar-refractivity contribution < 1.29 is 24.2 Å². The van der Waals surface area contributed by atoms with Gasteiger partial charge >= 0.3 is 0 Å². The number of hydrogen-bond acceptors (Lipinski definition) is 9. The number of benzene rings is 2. The molecule has 2 saturated heterocycles. The number of piperidine rings is 1. The minimum absolute atomic E-state index is 0.0376. The molecule has 2 aromatic carbocycles. The van der Waals surface area contributed by atoms with Crippen LogP contribution in [0.3, 0.4) is 0 Å². The first-order chi connectivity index (χ1) is 23.4. The van der Waals surface area contributed by atoms with Gasteiger partial charge in [-0.05, 0) is 73.0 Å². The summed E-state index contributed by atoms with van der Waals surface area (Å²) >= 11 is 1.59. The highest BCUT2D eigenvalue weighted by molar-refractivity contribution is 7.13. The largest absolute Gasteiger partial charge is 0.495 e. The predicted molar refractivity (Wildman–Crippen MR) is 193 cm³/mol. The highest BCUT2D eigenvalue weighted by atomic mass is 32.1. The molecule has 0 unspecified atom stereocenters. The van der Waals surface area contributed by atoms with E-state index >= 15 is 0 Å². The zero-order valence-corrected chi connectivity index (χ0v) is 30.2.